The van der Waals surface area contributed by atoms with E-state index in [0.29, 0.717) is 5.75 Å². The van der Waals surface area contributed by atoms with Gasteiger partial charge in [-0.2, -0.15) is 11.8 Å². The van der Waals surface area contributed by atoms with Crippen LogP contribution < -0.4 is 27.4 Å². The molecule has 0 aliphatic carbocycles. The first kappa shape index (κ1) is 28.6. The number of carbonyl (C=O) groups excluding carboxylic acids is 4. The summed E-state index contributed by atoms with van der Waals surface area (Å²) in [6.07, 6.45) is 1.63. The van der Waals surface area contributed by atoms with Crippen LogP contribution in [0.4, 0.5) is 0 Å². The third-order valence-corrected chi connectivity index (χ3v) is 4.96. The highest BCUT2D eigenvalue weighted by Gasteiger charge is 2.31. The quantitative estimate of drug-likeness (QED) is 0.137. The van der Waals surface area contributed by atoms with Crippen LogP contribution in [-0.4, -0.2) is 82.6 Å². The average Bonchev–Trinajstić information content (AvgIpc) is 2.70. The molecule has 13 heteroatoms. The Morgan fingerprint density at radius 1 is 0.935 bits per heavy atom. The zero-order valence-electron chi connectivity index (χ0n) is 17.9. The van der Waals surface area contributed by atoms with Crippen molar-refractivity contribution in [1.29, 1.82) is 0 Å². The summed E-state index contributed by atoms with van der Waals surface area (Å²) in [5.74, 6) is -4.13. The number of hydrogen-bond donors (Lipinski definition) is 7. The van der Waals surface area contributed by atoms with E-state index in [1.165, 1.54) is 11.8 Å². The summed E-state index contributed by atoms with van der Waals surface area (Å²) in [5.41, 5.74) is 10.6. The first-order valence-electron chi connectivity index (χ1n) is 9.72. The van der Waals surface area contributed by atoms with E-state index in [4.69, 9.17) is 16.6 Å². The molecule has 0 aromatic carbocycles. The summed E-state index contributed by atoms with van der Waals surface area (Å²) in [6.45, 7) is 2.60. The predicted molar refractivity (Wildman–Crippen MR) is 115 cm³/mol. The first-order valence-corrected chi connectivity index (χ1v) is 11.1. The highest BCUT2D eigenvalue weighted by Crippen LogP contribution is 2.07. The lowest BCUT2D eigenvalue weighted by atomic mass is 10.0. The second-order valence-electron chi connectivity index (χ2n) is 7.27. The lowest BCUT2D eigenvalue weighted by Crippen LogP contribution is -2.58. The molecule has 0 aliphatic rings. The van der Waals surface area contributed by atoms with Gasteiger partial charge in [0, 0.05) is 6.42 Å². The number of rotatable bonds is 15. The summed E-state index contributed by atoms with van der Waals surface area (Å²) < 4.78 is 0. The van der Waals surface area contributed by atoms with Gasteiger partial charge in [-0.25, -0.2) is 4.79 Å². The fraction of sp³-hybridized carbons (Fsp3) is 0.722. The fourth-order valence-corrected chi connectivity index (χ4v) is 2.93. The molecular formula is C18H33N5O7S. The van der Waals surface area contributed by atoms with Crippen LogP contribution in [0.2, 0.25) is 0 Å². The van der Waals surface area contributed by atoms with Gasteiger partial charge in [-0.1, -0.05) is 13.8 Å². The molecule has 0 saturated heterocycles. The lowest BCUT2D eigenvalue weighted by molar-refractivity contribution is -0.143. The molecule has 0 fully saturated rings. The molecule has 0 aliphatic heterocycles. The van der Waals surface area contributed by atoms with Gasteiger partial charge in [-0.15, -0.1) is 0 Å². The molecule has 9 N–H and O–H groups in total. The first-order chi connectivity index (χ1) is 14.4. The Bertz CT molecular complexity index is 647. The Hall–Kier alpha value is -2.38. The van der Waals surface area contributed by atoms with Crippen LogP contribution in [0.5, 0.6) is 0 Å². The standard InChI is InChI=1S/C18H33N5O7S/c1-9(2)14(18(29)30)23-17(28)11(4-5-13(20)25)22-16(27)12(6-7-31-3)21-15(26)10(19)8-24/h9-12,14,24H,4-8,19H2,1-3H3,(H2,20,25)(H,21,26)(H,22,27)(H,23,28)(H,29,30). The number of hydrogen-bond acceptors (Lipinski definition) is 8. The van der Waals surface area contributed by atoms with Gasteiger partial charge in [0.25, 0.3) is 0 Å². The van der Waals surface area contributed by atoms with Gasteiger partial charge < -0.3 is 37.6 Å². The smallest absolute Gasteiger partial charge is 0.326 e. The number of aliphatic carboxylic acids is 1. The molecule has 0 heterocycles. The molecule has 0 saturated carbocycles. The normalized spacial score (nSPS) is 14.8. The van der Waals surface area contributed by atoms with Gasteiger partial charge in [-0.3, -0.25) is 19.2 Å². The van der Waals surface area contributed by atoms with Crippen LogP contribution in [0.3, 0.4) is 0 Å². The maximum Gasteiger partial charge on any atom is 0.326 e. The van der Waals surface area contributed by atoms with Gasteiger partial charge in [0.2, 0.25) is 23.6 Å². The molecule has 12 nitrogen and oxygen atoms in total. The number of primary amides is 1. The minimum absolute atomic E-state index is 0.156. The predicted octanol–water partition coefficient (Wildman–Crippen LogP) is -2.48. The largest absolute Gasteiger partial charge is 0.480 e. The maximum atomic E-state index is 12.8. The monoisotopic (exact) mass is 463 g/mol. The molecule has 0 aromatic heterocycles. The van der Waals surface area contributed by atoms with Gasteiger partial charge >= 0.3 is 5.97 Å². The number of carboxylic acid groups (broad SMARTS) is 1. The highest BCUT2D eigenvalue weighted by atomic mass is 32.2. The van der Waals surface area contributed by atoms with Gasteiger partial charge in [0.15, 0.2) is 0 Å². The SMILES string of the molecule is CSCCC(NC(=O)C(N)CO)C(=O)NC(CCC(N)=O)C(=O)NC(C(=O)O)C(C)C. The average molecular weight is 464 g/mol. The van der Waals surface area contributed by atoms with Crippen molar-refractivity contribution in [2.75, 3.05) is 18.6 Å². The number of nitrogens with one attached hydrogen (secondary N) is 3. The topological polar surface area (TPSA) is 214 Å². The van der Waals surface area contributed by atoms with Crippen molar-refractivity contribution in [3.63, 3.8) is 0 Å². The second-order valence-corrected chi connectivity index (χ2v) is 8.25. The zero-order valence-corrected chi connectivity index (χ0v) is 18.7. The third-order valence-electron chi connectivity index (χ3n) is 4.32. The van der Waals surface area contributed by atoms with Crippen LogP contribution >= 0.6 is 11.8 Å². The van der Waals surface area contributed by atoms with E-state index >= 15 is 0 Å². The van der Waals surface area contributed by atoms with E-state index in [1.807, 2.05) is 0 Å². The van der Waals surface area contributed by atoms with Crippen LogP contribution in [0.25, 0.3) is 0 Å². The molecule has 31 heavy (non-hydrogen) atoms. The minimum Gasteiger partial charge on any atom is -0.480 e. The molecule has 0 radical (unpaired) electrons. The summed E-state index contributed by atoms with van der Waals surface area (Å²) >= 11 is 1.43. The third kappa shape index (κ3) is 11.0. The molecule has 0 rings (SSSR count). The van der Waals surface area contributed by atoms with E-state index in [1.54, 1.807) is 20.1 Å². The Labute approximate surface area is 185 Å². The number of carboxylic acids is 1. The van der Waals surface area contributed by atoms with Crippen LogP contribution in [0.15, 0.2) is 0 Å². The minimum atomic E-state index is -1.25. The molecular weight excluding hydrogens is 430 g/mol. The number of amides is 4. The maximum absolute atomic E-state index is 12.8. The van der Waals surface area contributed by atoms with Gasteiger partial charge in [0.1, 0.15) is 24.2 Å². The lowest BCUT2D eigenvalue weighted by Gasteiger charge is -2.25. The Morgan fingerprint density at radius 3 is 1.90 bits per heavy atom. The van der Waals surface area contributed by atoms with Crippen molar-refractivity contribution in [1.82, 2.24) is 16.0 Å². The van der Waals surface area contributed by atoms with Crippen molar-refractivity contribution >= 4 is 41.4 Å². The molecule has 4 amide bonds. The van der Waals surface area contributed by atoms with Crippen molar-refractivity contribution < 1.29 is 34.2 Å². The second kappa shape index (κ2) is 14.6. The fourth-order valence-electron chi connectivity index (χ4n) is 2.46. The summed E-state index contributed by atoms with van der Waals surface area (Å²) in [6, 6.07) is -4.72. The highest BCUT2D eigenvalue weighted by molar-refractivity contribution is 7.98. The number of carbonyl (C=O) groups is 5. The van der Waals surface area contributed by atoms with E-state index in [9.17, 15) is 29.1 Å². The summed E-state index contributed by atoms with van der Waals surface area (Å²) in [5, 5.41) is 25.5. The molecule has 0 bridgehead atoms. The van der Waals surface area contributed by atoms with Crippen molar-refractivity contribution in [2.45, 2.75) is 57.3 Å². The number of aliphatic hydroxyl groups is 1. The Morgan fingerprint density at radius 2 is 1.45 bits per heavy atom. The molecule has 4 unspecified atom stereocenters. The van der Waals surface area contributed by atoms with E-state index in [2.05, 4.69) is 16.0 Å². The number of thioether (sulfide) groups is 1. The molecule has 4 atom stereocenters. The molecule has 0 aromatic rings. The summed E-state index contributed by atoms with van der Waals surface area (Å²) in [4.78, 5) is 59.9. The van der Waals surface area contributed by atoms with E-state index in [0.717, 1.165) is 0 Å². The number of aliphatic hydroxyl groups excluding tert-OH is 1. The van der Waals surface area contributed by atoms with E-state index < -0.39 is 66.3 Å². The molecule has 0 spiro atoms. The van der Waals surface area contributed by atoms with Crippen LogP contribution in [-0.2, 0) is 24.0 Å². The Kier molecular flexibility index (Phi) is 13.5. The van der Waals surface area contributed by atoms with Gasteiger partial charge in [0.05, 0.1) is 6.61 Å². The Balaban J connectivity index is 5.47. The molecule has 178 valence electrons. The van der Waals surface area contributed by atoms with E-state index in [-0.39, 0.29) is 19.3 Å². The van der Waals surface area contributed by atoms with Crippen LogP contribution in [0, 0.1) is 5.92 Å². The zero-order chi connectivity index (χ0) is 24.1. The number of nitrogens with two attached hydrogens (primary N) is 2. The van der Waals surface area contributed by atoms with Crippen molar-refractivity contribution in [3.8, 4) is 0 Å². The van der Waals surface area contributed by atoms with Gasteiger partial charge in [-0.05, 0) is 30.8 Å². The van der Waals surface area contributed by atoms with Crippen LogP contribution in [0.1, 0.15) is 33.1 Å². The summed E-state index contributed by atoms with van der Waals surface area (Å²) in [7, 11) is 0. The van der Waals surface area contributed by atoms with Crippen molar-refractivity contribution in [3.05, 3.63) is 0 Å². The van der Waals surface area contributed by atoms with Crippen molar-refractivity contribution in [2.24, 2.45) is 17.4 Å².